The summed E-state index contributed by atoms with van der Waals surface area (Å²) in [6.07, 6.45) is 1.11. The molecule has 4 nitrogen and oxygen atoms in total. The highest BCUT2D eigenvalue weighted by molar-refractivity contribution is 5.73. The third-order valence-corrected chi connectivity index (χ3v) is 3.92. The van der Waals surface area contributed by atoms with E-state index < -0.39 is 0 Å². The number of nitrogens with one attached hydrogen (secondary N) is 1. The van der Waals surface area contributed by atoms with Crippen LogP contribution in [0.25, 0.3) is 0 Å². The first-order valence-electron chi connectivity index (χ1n) is 6.39. The van der Waals surface area contributed by atoms with Crippen LogP contribution in [-0.2, 0) is 4.79 Å². The minimum absolute atomic E-state index is 0.222. The van der Waals surface area contributed by atoms with Crippen molar-refractivity contribution < 1.29 is 4.79 Å². The lowest BCUT2D eigenvalue weighted by molar-refractivity contribution is -0.128. The van der Waals surface area contributed by atoms with Gasteiger partial charge in [-0.3, -0.25) is 9.69 Å². The zero-order valence-electron chi connectivity index (χ0n) is 10.4. The van der Waals surface area contributed by atoms with Gasteiger partial charge in [-0.2, -0.15) is 0 Å². The summed E-state index contributed by atoms with van der Waals surface area (Å²) < 4.78 is 0. The molecule has 2 rings (SSSR count). The monoisotopic (exact) mass is 225 g/mol. The van der Waals surface area contributed by atoms with Gasteiger partial charge in [-0.15, -0.1) is 0 Å². The third-order valence-electron chi connectivity index (χ3n) is 3.92. The van der Waals surface area contributed by atoms with Crippen LogP contribution >= 0.6 is 0 Å². The molecule has 0 aromatic carbocycles. The van der Waals surface area contributed by atoms with Crippen molar-refractivity contribution in [2.75, 3.05) is 39.3 Å². The van der Waals surface area contributed by atoms with Gasteiger partial charge in [0.2, 0.25) is 5.91 Å². The van der Waals surface area contributed by atoms with Gasteiger partial charge in [0.25, 0.3) is 0 Å². The fraction of sp³-hybridized carbons (Fsp3) is 0.917. The van der Waals surface area contributed by atoms with Crippen LogP contribution in [0.15, 0.2) is 0 Å². The van der Waals surface area contributed by atoms with Gasteiger partial charge in [-0.25, -0.2) is 0 Å². The Morgan fingerprint density at radius 1 is 1.19 bits per heavy atom. The van der Waals surface area contributed by atoms with Crippen LogP contribution in [0.5, 0.6) is 0 Å². The van der Waals surface area contributed by atoms with Crippen LogP contribution in [-0.4, -0.2) is 61.0 Å². The van der Waals surface area contributed by atoms with Crippen molar-refractivity contribution in [3.05, 3.63) is 0 Å². The molecule has 0 aromatic rings. The first-order chi connectivity index (χ1) is 7.68. The molecule has 1 amide bonds. The number of amides is 1. The fourth-order valence-electron chi connectivity index (χ4n) is 2.87. The maximum Gasteiger partial charge on any atom is 0.219 e. The van der Waals surface area contributed by atoms with Crippen molar-refractivity contribution in [1.82, 2.24) is 15.1 Å². The van der Waals surface area contributed by atoms with Gasteiger partial charge in [-0.1, -0.05) is 6.92 Å². The molecular weight excluding hydrogens is 202 g/mol. The summed E-state index contributed by atoms with van der Waals surface area (Å²) in [4.78, 5) is 15.9. The predicted octanol–water partition coefficient (Wildman–Crippen LogP) is 0.149. The summed E-state index contributed by atoms with van der Waals surface area (Å²) in [5.74, 6) is 0.961. The Labute approximate surface area is 98.0 Å². The highest BCUT2D eigenvalue weighted by Gasteiger charge is 2.30. The molecule has 2 aliphatic rings. The van der Waals surface area contributed by atoms with E-state index in [1.165, 1.54) is 0 Å². The molecule has 0 bridgehead atoms. The quantitative estimate of drug-likeness (QED) is 0.690. The minimum Gasteiger partial charge on any atom is -0.342 e. The van der Waals surface area contributed by atoms with E-state index in [1.807, 2.05) is 4.90 Å². The molecule has 0 radical (unpaired) electrons. The van der Waals surface area contributed by atoms with Crippen LogP contribution in [0.4, 0.5) is 0 Å². The SMILES string of the molecule is CC(=O)N1CCCN([C@@H]2CNC[C@@H]2C)CC1. The topological polar surface area (TPSA) is 35.6 Å². The average Bonchev–Trinajstić information content (AvgIpc) is 2.54. The summed E-state index contributed by atoms with van der Waals surface area (Å²) in [6.45, 7) is 10.3. The third kappa shape index (κ3) is 2.55. The second-order valence-electron chi connectivity index (χ2n) is 5.10. The predicted molar refractivity (Wildman–Crippen MR) is 64.3 cm³/mol. The Hall–Kier alpha value is -0.610. The lowest BCUT2D eigenvalue weighted by Crippen LogP contribution is -2.42. The van der Waals surface area contributed by atoms with E-state index in [-0.39, 0.29) is 5.91 Å². The largest absolute Gasteiger partial charge is 0.342 e. The summed E-state index contributed by atoms with van der Waals surface area (Å²) in [5.41, 5.74) is 0. The van der Waals surface area contributed by atoms with E-state index in [1.54, 1.807) is 6.92 Å². The lowest BCUT2D eigenvalue weighted by atomic mass is 10.0. The number of hydrogen-bond acceptors (Lipinski definition) is 3. The molecule has 0 unspecified atom stereocenters. The summed E-state index contributed by atoms with van der Waals surface area (Å²) in [6, 6.07) is 0.673. The van der Waals surface area contributed by atoms with Crippen molar-refractivity contribution in [2.45, 2.75) is 26.3 Å². The van der Waals surface area contributed by atoms with Crippen molar-refractivity contribution in [3.63, 3.8) is 0 Å². The van der Waals surface area contributed by atoms with Crippen LogP contribution in [0.1, 0.15) is 20.3 Å². The molecule has 0 saturated carbocycles. The molecule has 0 spiro atoms. The van der Waals surface area contributed by atoms with Gasteiger partial charge < -0.3 is 10.2 Å². The normalized spacial score (nSPS) is 32.8. The van der Waals surface area contributed by atoms with Gasteiger partial charge in [0, 0.05) is 45.7 Å². The average molecular weight is 225 g/mol. The van der Waals surface area contributed by atoms with Crippen molar-refractivity contribution in [2.24, 2.45) is 5.92 Å². The number of nitrogens with zero attached hydrogens (tertiary/aromatic N) is 2. The Morgan fingerprint density at radius 3 is 2.62 bits per heavy atom. The molecule has 2 heterocycles. The van der Waals surface area contributed by atoms with Gasteiger partial charge >= 0.3 is 0 Å². The Morgan fingerprint density at radius 2 is 2.00 bits per heavy atom. The summed E-state index contributed by atoms with van der Waals surface area (Å²) in [5, 5.41) is 3.45. The minimum atomic E-state index is 0.222. The molecule has 0 aromatic heterocycles. The van der Waals surface area contributed by atoms with E-state index in [9.17, 15) is 4.79 Å². The number of rotatable bonds is 1. The van der Waals surface area contributed by atoms with E-state index in [0.717, 1.165) is 51.6 Å². The van der Waals surface area contributed by atoms with Gasteiger partial charge in [-0.05, 0) is 18.9 Å². The maximum atomic E-state index is 11.3. The molecule has 1 N–H and O–H groups in total. The van der Waals surface area contributed by atoms with E-state index in [2.05, 4.69) is 17.1 Å². The van der Waals surface area contributed by atoms with Crippen molar-refractivity contribution >= 4 is 5.91 Å². The van der Waals surface area contributed by atoms with Gasteiger partial charge in [0.05, 0.1) is 0 Å². The molecule has 4 heteroatoms. The summed E-state index contributed by atoms with van der Waals surface area (Å²) >= 11 is 0. The smallest absolute Gasteiger partial charge is 0.219 e. The highest BCUT2D eigenvalue weighted by Crippen LogP contribution is 2.17. The lowest BCUT2D eigenvalue weighted by Gasteiger charge is -2.29. The van der Waals surface area contributed by atoms with Crippen molar-refractivity contribution in [3.8, 4) is 0 Å². The molecule has 2 atom stereocenters. The van der Waals surface area contributed by atoms with Crippen LogP contribution in [0.3, 0.4) is 0 Å². The second kappa shape index (κ2) is 5.15. The Kier molecular flexibility index (Phi) is 3.82. The number of carbonyl (C=O) groups is 1. The zero-order chi connectivity index (χ0) is 11.5. The van der Waals surface area contributed by atoms with Crippen molar-refractivity contribution in [1.29, 1.82) is 0 Å². The van der Waals surface area contributed by atoms with E-state index in [0.29, 0.717) is 6.04 Å². The van der Waals surface area contributed by atoms with Crippen LogP contribution < -0.4 is 5.32 Å². The standard InChI is InChI=1S/C12H23N3O/c1-10-8-13-9-12(10)15-5-3-4-14(6-7-15)11(2)16/h10,12-13H,3-9H2,1-2H3/t10-,12+/m0/s1. The van der Waals surface area contributed by atoms with Crippen LogP contribution in [0.2, 0.25) is 0 Å². The Bertz CT molecular complexity index is 257. The van der Waals surface area contributed by atoms with Gasteiger partial charge in [0.1, 0.15) is 0 Å². The number of hydrogen-bond donors (Lipinski definition) is 1. The highest BCUT2D eigenvalue weighted by atomic mass is 16.2. The molecule has 2 aliphatic heterocycles. The molecule has 16 heavy (non-hydrogen) atoms. The molecular formula is C12H23N3O. The summed E-state index contributed by atoms with van der Waals surface area (Å²) in [7, 11) is 0. The molecule has 0 aliphatic carbocycles. The van der Waals surface area contributed by atoms with E-state index >= 15 is 0 Å². The zero-order valence-corrected chi connectivity index (χ0v) is 10.4. The second-order valence-corrected chi connectivity index (χ2v) is 5.10. The molecule has 92 valence electrons. The fourth-order valence-corrected chi connectivity index (χ4v) is 2.87. The molecule has 2 fully saturated rings. The maximum absolute atomic E-state index is 11.3. The first kappa shape index (κ1) is 11.9. The van der Waals surface area contributed by atoms with Gasteiger partial charge in [0.15, 0.2) is 0 Å². The van der Waals surface area contributed by atoms with E-state index in [4.69, 9.17) is 0 Å². The first-order valence-corrected chi connectivity index (χ1v) is 6.39. The number of carbonyl (C=O) groups excluding carboxylic acids is 1. The van der Waals surface area contributed by atoms with Crippen LogP contribution in [0, 0.1) is 5.92 Å². The Balaban J connectivity index is 1.90. The molecule has 2 saturated heterocycles.